The van der Waals surface area contributed by atoms with E-state index in [2.05, 4.69) is 5.32 Å². The van der Waals surface area contributed by atoms with E-state index in [9.17, 15) is 8.42 Å². The van der Waals surface area contributed by atoms with Gasteiger partial charge in [0.05, 0.1) is 7.11 Å². The van der Waals surface area contributed by atoms with Gasteiger partial charge in [0.1, 0.15) is 10.6 Å². The van der Waals surface area contributed by atoms with E-state index in [-0.39, 0.29) is 23.3 Å². The first-order valence-electron chi connectivity index (χ1n) is 7.00. The number of nitrogens with one attached hydrogen (secondary N) is 1. The Hall–Kier alpha value is -0.820. The van der Waals surface area contributed by atoms with Crippen LogP contribution in [0.15, 0.2) is 29.2 Å². The van der Waals surface area contributed by atoms with Crippen molar-refractivity contribution in [1.29, 1.82) is 0 Å². The van der Waals surface area contributed by atoms with Crippen LogP contribution in [0.1, 0.15) is 19.3 Å². The molecule has 0 spiro atoms. The number of halogens is 1. The second-order valence-electron chi connectivity index (χ2n) is 5.44. The summed E-state index contributed by atoms with van der Waals surface area (Å²) in [4.78, 5) is 0.264. The average molecular weight is 333 g/mol. The smallest absolute Gasteiger partial charge is 0.246 e. The van der Waals surface area contributed by atoms with Gasteiger partial charge < -0.3 is 10.1 Å². The summed E-state index contributed by atoms with van der Waals surface area (Å²) in [5.74, 6) is 0.412. The summed E-state index contributed by atoms with van der Waals surface area (Å²) in [7, 11) is -1.98. The lowest BCUT2D eigenvalue weighted by atomic mass is 10.1. The number of ether oxygens (including phenoxy) is 1. The monoisotopic (exact) mass is 332 g/mol. The van der Waals surface area contributed by atoms with E-state index in [0.717, 1.165) is 19.3 Å². The third kappa shape index (κ3) is 3.18. The van der Waals surface area contributed by atoms with E-state index < -0.39 is 10.0 Å². The van der Waals surface area contributed by atoms with Crippen LogP contribution in [0, 0.1) is 0 Å². The zero-order valence-electron chi connectivity index (χ0n) is 12.0. The molecule has 21 heavy (non-hydrogen) atoms. The Labute approximate surface area is 132 Å². The molecule has 7 heteroatoms. The van der Waals surface area contributed by atoms with Crippen LogP contribution in [0.4, 0.5) is 0 Å². The summed E-state index contributed by atoms with van der Waals surface area (Å²) in [5.41, 5.74) is 0. The molecule has 1 aromatic rings. The van der Waals surface area contributed by atoms with Gasteiger partial charge in [0.2, 0.25) is 10.0 Å². The van der Waals surface area contributed by atoms with Gasteiger partial charge in [-0.25, -0.2) is 8.42 Å². The van der Waals surface area contributed by atoms with Gasteiger partial charge >= 0.3 is 0 Å². The number of rotatable bonds is 3. The summed E-state index contributed by atoms with van der Waals surface area (Å²) in [6.45, 7) is 1.13. The number of fused-ring (bicyclic) bond motifs is 2. The van der Waals surface area contributed by atoms with Crippen molar-refractivity contribution in [1.82, 2.24) is 9.62 Å². The van der Waals surface area contributed by atoms with Gasteiger partial charge in [0.15, 0.2) is 0 Å². The van der Waals surface area contributed by atoms with E-state index >= 15 is 0 Å². The number of hydrogen-bond donors (Lipinski definition) is 1. The normalized spacial score (nSPS) is 26.0. The molecule has 0 aliphatic carbocycles. The molecule has 0 aromatic heterocycles. The highest BCUT2D eigenvalue weighted by Gasteiger charge is 2.35. The van der Waals surface area contributed by atoms with Crippen LogP contribution in [0.2, 0.25) is 0 Å². The molecule has 2 aliphatic rings. The molecule has 1 N–H and O–H groups in total. The first kappa shape index (κ1) is 16.5. The van der Waals surface area contributed by atoms with Crippen LogP contribution < -0.4 is 10.1 Å². The Morgan fingerprint density at radius 2 is 1.90 bits per heavy atom. The molecule has 2 unspecified atom stereocenters. The molecular formula is C14H21ClN2O3S. The van der Waals surface area contributed by atoms with Gasteiger partial charge in [0.25, 0.3) is 0 Å². The molecule has 2 fully saturated rings. The van der Waals surface area contributed by atoms with E-state index in [1.165, 1.54) is 7.11 Å². The zero-order valence-corrected chi connectivity index (χ0v) is 13.6. The summed E-state index contributed by atoms with van der Waals surface area (Å²) in [5, 5.41) is 3.50. The molecule has 2 atom stereocenters. The Balaban J connectivity index is 0.00000161. The fourth-order valence-electron chi connectivity index (χ4n) is 3.10. The molecule has 3 rings (SSSR count). The quantitative estimate of drug-likeness (QED) is 0.914. The van der Waals surface area contributed by atoms with Gasteiger partial charge in [-0.3, -0.25) is 0 Å². The minimum Gasteiger partial charge on any atom is -0.495 e. The van der Waals surface area contributed by atoms with Crippen LogP contribution in [0.5, 0.6) is 5.75 Å². The number of sulfonamides is 1. The second kappa shape index (κ2) is 6.52. The molecule has 5 nitrogen and oxygen atoms in total. The first-order chi connectivity index (χ1) is 9.61. The summed E-state index contributed by atoms with van der Waals surface area (Å²) in [6, 6.07) is 7.58. The molecule has 0 saturated carbocycles. The SMILES string of the molecule is COc1ccccc1S(=O)(=O)N1CCC2CCC(C1)N2.Cl. The number of methoxy groups -OCH3 is 1. The molecular weight excluding hydrogens is 312 g/mol. The lowest BCUT2D eigenvalue weighted by Gasteiger charge is -2.24. The van der Waals surface area contributed by atoms with Crippen LogP contribution in [-0.2, 0) is 10.0 Å². The van der Waals surface area contributed by atoms with Crippen LogP contribution >= 0.6 is 12.4 Å². The minimum absolute atomic E-state index is 0. The van der Waals surface area contributed by atoms with Crippen LogP contribution in [0.25, 0.3) is 0 Å². The molecule has 118 valence electrons. The van der Waals surface area contributed by atoms with E-state index in [1.54, 1.807) is 28.6 Å². The maximum absolute atomic E-state index is 12.8. The molecule has 2 saturated heterocycles. The highest BCUT2D eigenvalue weighted by atomic mass is 35.5. The molecule has 2 heterocycles. The molecule has 0 radical (unpaired) electrons. The predicted molar refractivity (Wildman–Crippen MR) is 83.6 cm³/mol. The fraction of sp³-hybridized carbons (Fsp3) is 0.571. The maximum Gasteiger partial charge on any atom is 0.246 e. The lowest BCUT2D eigenvalue weighted by molar-refractivity contribution is 0.373. The molecule has 1 aromatic carbocycles. The van der Waals surface area contributed by atoms with Gasteiger partial charge in [0, 0.05) is 25.2 Å². The van der Waals surface area contributed by atoms with Crippen molar-refractivity contribution in [3.05, 3.63) is 24.3 Å². The van der Waals surface area contributed by atoms with E-state index in [1.807, 2.05) is 0 Å². The average Bonchev–Trinajstić information content (AvgIpc) is 2.77. The van der Waals surface area contributed by atoms with Crippen molar-refractivity contribution in [2.45, 2.75) is 36.2 Å². The van der Waals surface area contributed by atoms with Crippen molar-refractivity contribution in [2.24, 2.45) is 0 Å². The largest absolute Gasteiger partial charge is 0.495 e. The summed E-state index contributed by atoms with van der Waals surface area (Å²) < 4.78 is 32.4. The number of nitrogens with zero attached hydrogens (tertiary/aromatic N) is 1. The highest BCUT2D eigenvalue weighted by molar-refractivity contribution is 7.89. The maximum atomic E-state index is 12.8. The van der Waals surface area contributed by atoms with Crippen LogP contribution in [0.3, 0.4) is 0 Å². The minimum atomic E-state index is -3.48. The Morgan fingerprint density at radius 1 is 1.19 bits per heavy atom. The first-order valence-corrected chi connectivity index (χ1v) is 8.44. The topological polar surface area (TPSA) is 58.6 Å². The third-order valence-electron chi connectivity index (χ3n) is 4.17. The van der Waals surface area contributed by atoms with Crippen molar-refractivity contribution in [2.75, 3.05) is 20.2 Å². The fourth-order valence-corrected chi connectivity index (χ4v) is 4.76. The Kier molecular flexibility index (Phi) is 5.14. The molecule has 2 bridgehead atoms. The zero-order chi connectivity index (χ0) is 14.2. The molecule has 0 amide bonds. The Morgan fingerprint density at radius 3 is 2.67 bits per heavy atom. The number of para-hydroxylation sites is 1. The van der Waals surface area contributed by atoms with Crippen LogP contribution in [-0.4, -0.2) is 45.0 Å². The summed E-state index contributed by atoms with van der Waals surface area (Å²) >= 11 is 0. The Bertz CT molecular complexity index is 594. The van der Waals surface area contributed by atoms with Crippen molar-refractivity contribution < 1.29 is 13.2 Å². The number of hydrogen-bond acceptors (Lipinski definition) is 4. The second-order valence-corrected chi connectivity index (χ2v) is 7.35. The van der Waals surface area contributed by atoms with Crippen molar-refractivity contribution in [3.63, 3.8) is 0 Å². The predicted octanol–water partition coefficient (Wildman–Crippen LogP) is 1.63. The van der Waals surface area contributed by atoms with E-state index in [0.29, 0.717) is 24.9 Å². The lowest BCUT2D eigenvalue weighted by Crippen LogP contribution is -2.39. The highest BCUT2D eigenvalue weighted by Crippen LogP contribution is 2.29. The van der Waals surface area contributed by atoms with Gasteiger partial charge in [-0.15, -0.1) is 12.4 Å². The summed E-state index contributed by atoms with van der Waals surface area (Å²) in [6.07, 6.45) is 3.10. The van der Waals surface area contributed by atoms with Gasteiger partial charge in [-0.1, -0.05) is 12.1 Å². The van der Waals surface area contributed by atoms with Crippen molar-refractivity contribution >= 4 is 22.4 Å². The van der Waals surface area contributed by atoms with Crippen molar-refractivity contribution in [3.8, 4) is 5.75 Å². The third-order valence-corrected chi connectivity index (χ3v) is 6.08. The van der Waals surface area contributed by atoms with Gasteiger partial charge in [-0.05, 0) is 31.4 Å². The standard InChI is InChI=1S/C14H20N2O3S.ClH/c1-19-13-4-2-3-5-14(13)20(17,18)16-9-8-11-6-7-12(10-16)15-11;/h2-5,11-12,15H,6-10H2,1H3;1H. The van der Waals surface area contributed by atoms with E-state index in [4.69, 9.17) is 4.74 Å². The number of benzene rings is 1. The van der Waals surface area contributed by atoms with Gasteiger partial charge in [-0.2, -0.15) is 4.31 Å². The molecule has 2 aliphatic heterocycles.